The first-order chi connectivity index (χ1) is 25.0. The number of nitrogens with zero attached hydrogens (tertiary/aromatic N) is 1. The zero-order valence-electron chi connectivity index (χ0n) is 27.0. The molecule has 0 spiro atoms. The van der Waals surface area contributed by atoms with Gasteiger partial charge in [-0.2, -0.15) is 0 Å². The van der Waals surface area contributed by atoms with Crippen molar-refractivity contribution in [2.24, 2.45) is 0 Å². The summed E-state index contributed by atoms with van der Waals surface area (Å²) >= 11 is 1.38. The largest absolute Gasteiger partial charge is 0.465 e. The number of rotatable bonds is 11. The lowest BCUT2D eigenvalue weighted by Crippen LogP contribution is -2.30. The number of aromatic nitrogens is 1. The van der Waals surface area contributed by atoms with E-state index in [-0.39, 0.29) is 11.6 Å². The van der Waals surface area contributed by atoms with Gasteiger partial charge in [0.25, 0.3) is 11.8 Å². The van der Waals surface area contributed by atoms with Crippen LogP contribution in [0.2, 0.25) is 0 Å². The molecule has 0 fully saturated rings. The van der Waals surface area contributed by atoms with Crippen LogP contribution in [0.3, 0.4) is 0 Å². The number of oxazole rings is 1. The number of thioether (sulfide) groups is 1. The summed E-state index contributed by atoms with van der Waals surface area (Å²) < 4.78 is 11.3. The third kappa shape index (κ3) is 8.15. The van der Waals surface area contributed by atoms with Crippen LogP contribution in [-0.2, 0) is 9.59 Å². The molecule has 0 radical (unpaired) electrons. The fourth-order valence-corrected chi connectivity index (χ4v) is 6.23. The van der Waals surface area contributed by atoms with E-state index in [2.05, 4.69) is 20.9 Å². The number of amides is 3. The summed E-state index contributed by atoms with van der Waals surface area (Å²) in [6, 6.07) is 43.6. The average molecular weight is 691 g/mol. The molecule has 10 heteroatoms. The number of fused-ring (bicyclic) bond motifs is 1. The number of hydrogen-bond donors (Lipinski definition) is 3. The van der Waals surface area contributed by atoms with Crippen molar-refractivity contribution in [3.05, 3.63) is 174 Å². The molecular formula is C41H30N4O5S. The summed E-state index contributed by atoms with van der Waals surface area (Å²) in [6.45, 7) is 0. The minimum Gasteiger partial charge on any atom is -0.465 e. The van der Waals surface area contributed by atoms with Crippen LogP contribution in [-0.4, -0.2) is 22.7 Å². The second-order valence-corrected chi connectivity index (χ2v) is 12.5. The van der Waals surface area contributed by atoms with Crippen molar-refractivity contribution in [2.45, 2.75) is 10.1 Å². The molecule has 5 aromatic carbocycles. The van der Waals surface area contributed by atoms with Crippen molar-refractivity contribution >= 4 is 58.0 Å². The van der Waals surface area contributed by atoms with Gasteiger partial charge in [0.05, 0.1) is 6.26 Å². The van der Waals surface area contributed by atoms with Crippen molar-refractivity contribution in [1.82, 2.24) is 10.3 Å². The van der Waals surface area contributed by atoms with Crippen LogP contribution < -0.4 is 16.0 Å². The zero-order chi connectivity index (χ0) is 35.0. The van der Waals surface area contributed by atoms with E-state index in [1.165, 1.54) is 24.1 Å². The van der Waals surface area contributed by atoms with Crippen LogP contribution in [0.25, 0.3) is 28.6 Å². The predicted octanol–water partition coefficient (Wildman–Crippen LogP) is 8.97. The summed E-state index contributed by atoms with van der Waals surface area (Å²) in [6.07, 6.45) is 2.95. The Morgan fingerprint density at radius 1 is 0.686 bits per heavy atom. The van der Waals surface area contributed by atoms with E-state index in [1.807, 2.05) is 91.0 Å². The Balaban J connectivity index is 1.04. The Bertz CT molecular complexity index is 2270. The first-order valence-corrected chi connectivity index (χ1v) is 16.9. The van der Waals surface area contributed by atoms with Crippen LogP contribution in [0.15, 0.2) is 171 Å². The van der Waals surface area contributed by atoms with E-state index in [0.29, 0.717) is 34.2 Å². The molecule has 0 saturated heterocycles. The number of nitrogens with one attached hydrogen (secondary N) is 3. The molecule has 7 rings (SSSR count). The lowest BCUT2D eigenvalue weighted by molar-refractivity contribution is -0.116. The quantitative estimate of drug-likeness (QED) is 0.0914. The number of carbonyl (C=O) groups is 3. The number of anilines is 2. The normalized spacial score (nSPS) is 11.9. The lowest BCUT2D eigenvalue weighted by Gasteiger charge is -2.18. The molecular weight excluding hydrogens is 661 g/mol. The van der Waals surface area contributed by atoms with Crippen LogP contribution in [0.5, 0.6) is 0 Å². The lowest BCUT2D eigenvalue weighted by atomic mass is 10.1. The van der Waals surface area contributed by atoms with Gasteiger partial charge in [0.2, 0.25) is 11.8 Å². The van der Waals surface area contributed by atoms with Gasteiger partial charge in [0.15, 0.2) is 5.58 Å². The summed E-state index contributed by atoms with van der Waals surface area (Å²) in [5.74, 6) is -0.239. The standard InChI is InChI=1S/C41H30N4O5S/c46-38(28-12-5-2-6-13-28)44-35(26-32-14-9-25-49-32)39(47)42-31-21-23-33(24-22-31)51-37(27-10-3-1-4-11-27)40(48)43-30-19-17-29(18-20-30)41-45-34-15-7-8-16-36(34)50-41/h1-26,37H,(H,42,47)(H,43,48)(H,44,46)/b35-26-. The van der Waals surface area contributed by atoms with Crippen LogP contribution in [0, 0.1) is 0 Å². The van der Waals surface area contributed by atoms with E-state index in [1.54, 1.807) is 54.6 Å². The minimum absolute atomic E-state index is 0.0138. The molecule has 9 nitrogen and oxygen atoms in total. The van der Waals surface area contributed by atoms with Crippen LogP contribution >= 0.6 is 11.8 Å². The van der Waals surface area contributed by atoms with Gasteiger partial charge in [-0.1, -0.05) is 60.7 Å². The Labute approximate surface area is 297 Å². The van der Waals surface area contributed by atoms with Crippen LogP contribution in [0.4, 0.5) is 11.4 Å². The van der Waals surface area contributed by atoms with E-state index in [0.717, 1.165) is 21.5 Å². The van der Waals surface area contributed by atoms with Crippen molar-refractivity contribution in [3.8, 4) is 11.5 Å². The summed E-state index contributed by atoms with van der Waals surface area (Å²) in [5.41, 5.74) is 4.69. The molecule has 3 amide bonds. The van der Waals surface area contributed by atoms with E-state index < -0.39 is 17.1 Å². The average Bonchev–Trinajstić information content (AvgIpc) is 3.85. The second kappa shape index (κ2) is 15.3. The number of furan rings is 1. The molecule has 3 N–H and O–H groups in total. The molecule has 7 aromatic rings. The van der Waals surface area contributed by atoms with Crippen molar-refractivity contribution in [3.63, 3.8) is 0 Å². The Morgan fingerprint density at radius 2 is 1.35 bits per heavy atom. The van der Waals surface area contributed by atoms with Gasteiger partial charge in [-0.05, 0) is 90.5 Å². The van der Waals surface area contributed by atoms with E-state index in [4.69, 9.17) is 8.83 Å². The molecule has 0 bridgehead atoms. The van der Waals surface area contributed by atoms with Gasteiger partial charge in [0.1, 0.15) is 22.2 Å². The SMILES string of the molecule is O=C(Nc1ccc(SC(C(=O)Nc2ccc(-c3nc4ccccc4o3)cc2)c2ccccc2)cc1)/C(=C/c1ccco1)NC(=O)c1ccccc1. The van der Waals surface area contributed by atoms with Gasteiger partial charge >= 0.3 is 0 Å². The third-order valence-corrected chi connectivity index (χ3v) is 9.02. The van der Waals surface area contributed by atoms with Crippen molar-refractivity contribution < 1.29 is 23.2 Å². The van der Waals surface area contributed by atoms with E-state index in [9.17, 15) is 14.4 Å². The highest BCUT2D eigenvalue weighted by Crippen LogP contribution is 2.37. The highest BCUT2D eigenvalue weighted by Gasteiger charge is 2.23. The summed E-state index contributed by atoms with van der Waals surface area (Å²) in [7, 11) is 0. The van der Waals surface area contributed by atoms with Crippen molar-refractivity contribution in [1.29, 1.82) is 0 Å². The topological polar surface area (TPSA) is 126 Å². The molecule has 1 unspecified atom stereocenters. The number of benzene rings is 5. The van der Waals surface area contributed by atoms with Gasteiger partial charge in [-0.15, -0.1) is 11.8 Å². The number of hydrogen-bond acceptors (Lipinski definition) is 7. The minimum atomic E-state index is -0.570. The molecule has 51 heavy (non-hydrogen) atoms. The maximum Gasteiger partial charge on any atom is 0.272 e. The van der Waals surface area contributed by atoms with Gasteiger partial charge in [0, 0.05) is 33.5 Å². The maximum absolute atomic E-state index is 13.7. The molecule has 2 aromatic heterocycles. The van der Waals surface area contributed by atoms with Crippen molar-refractivity contribution in [2.75, 3.05) is 10.6 Å². The Morgan fingerprint density at radius 3 is 2.06 bits per heavy atom. The molecule has 0 aliphatic rings. The molecule has 1 atom stereocenters. The molecule has 2 heterocycles. The summed E-state index contributed by atoms with van der Waals surface area (Å²) in [4.78, 5) is 45.3. The molecule has 0 aliphatic heterocycles. The molecule has 0 aliphatic carbocycles. The van der Waals surface area contributed by atoms with Gasteiger partial charge in [-0.3, -0.25) is 14.4 Å². The highest BCUT2D eigenvalue weighted by atomic mass is 32.2. The van der Waals surface area contributed by atoms with Gasteiger partial charge < -0.3 is 24.8 Å². The molecule has 250 valence electrons. The third-order valence-electron chi connectivity index (χ3n) is 7.76. The first kappa shape index (κ1) is 32.9. The monoisotopic (exact) mass is 690 g/mol. The highest BCUT2D eigenvalue weighted by molar-refractivity contribution is 8.00. The maximum atomic E-state index is 13.7. The molecule has 0 saturated carbocycles. The summed E-state index contributed by atoms with van der Waals surface area (Å²) in [5, 5.41) is 8.00. The second-order valence-electron chi connectivity index (χ2n) is 11.3. The van der Waals surface area contributed by atoms with Crippen LogP contribution in [0.1, 0.15) is 26.9 Å². The predicted molar refractivity (Wildman–Crippen MR) is 199 cm³/mol. The Hall–Kier alpha value is -6.65. The fraction of sp³-hybridized carbons (Fsp3) is 0.0244. The zero-order valence-corrected chi connectivity index (χ0v) is 27.8. The number of carbonyl (C=O) groups excluding carboxylic acids is 3. The first-order valence-electron chi connectivity index (χ1n) is 16.0. The number of para-hydroxylation sites is 2. The fourth-order valence-electron chi connectivity index (χ4n) is 5.21. The van der Waals surface area contributed by atoms with Gasteiger partial charge in [-0.25, -0.2) is 4.98 Å². The Kier molecular flexibility index (Phi) is 9.84. The van der Waals surface area contributed by atoms with E-state index >= 15 is 0 Å². The smallest absolute Gasteiger partial charge is 0.272 e.